The van der Waals surface area contributed by atoms with Crippen LogP contribution < -0.4 is 15.5 Å². The van der Waals surface area contributed by atoms with Crippen LogP contribution in [0.5, 0.6) is 5.75 Å². The Morgan fingerprint density at radius 1 is 1.16 bits per heavy atom. The summed E-state index contributed by atoms with van der Waals surface area (Å²) in [4.78, 5) is 25.8. The lowest BCUT2D eigenvalue weighted by molar-refractivity contribution is -0.116. The van der Waals surface area contributed by atoms with Crippen molar-refractivity contribution in [3.63, 3.8) is 0 Å². The lowest BCUT2D eigenvalue weighted by Crippen LogP contribution is -2.39. The maximum Gasteiger partial charge on any atom is 0.274 e. The van der Waals surface area contributed by atoms with E-state index in [4.69, 9.17) is 14.4 Å². The van der Waals surface area contributed by atoms with Gasteiger partial charge in [0, 0.05) is 30.1 Å². The summed E-state index contributed by atoms with van der Waals surface area (Å²) < 4.78 is 11.6. The molecular formula is C24H25N3O5. The number of hydrogen-bond acceptors (Lipinski definition) is 6. The Hall–Kier alpha value is -3.62. The van der Waals surface area contributed by atoms with Gasteiger partial charge >= 0.3 is 0 Å². The van der Waals surface area contributed by atoms with E-state index in [1.165, 1.54) is 12.1 Å². The summed E-state index contributed by atoms with van der Waals surface area (Å²) in [5.74, 6) is 0.601. The minimum absolute atomic E-state index is 0.0761. The Bertz CT molecular complexity index is 1070. The molecule has 1 aliphatic heterocycles. The molecule has 1 saturated heterocycles. The minimum Gasteiger partial charge on any atom is -0.492 e. The van der Waals surface area contributed by atoms with Crippen LogP contribution >= 0.6 is 0 Å². The van der Waals surface area contributed by atoms with Gasteiger partial charge in [0.15, 0.2) is 0 Å². The van der Waals surface area contributed by atoms with Crippen molar-refractivity contribution in [2.75, 3.05) is 26.2 Å². The van der Waals surface area contributed by atoms with Gasteiger partial charge in [-0.3, -0.25) is 19.7 Å². The topological polar surface area (TPSA) is 104 Å². The van der Waals surface area contributed by atoms with Gasteiger partial charge in [-0.15, -0.1) is 0 Å². The fraction of sp³-hybridized carbons (Fsp3) is 0.250. The van der Waals surface area contributed by atoms with Crippen molar-refractivity contribution in [2.45, 2.75) is 12.5 Å². The largest absolute Gasteiger partial charge is 0.492 e. The second-order valence-electron chi connectivity index (χ2n) is 7.48. The maximum atomic E-state index is 12.3. The Labute approximate surface area is 185 Å². The van der Waals surface area contributed by atoms with E-state index >= 15 is 0 Å². The van der Waals surface area contributed by atoms with E-state index in [0.717, 1.165) is 36.2 Å². The lowest BCUT2D eigenvalue weighted by atomic mass is 10.1. The van der Waals surface area contributed by atoms with E-state index < -0.39 is 5.91 Å². The number of nitrogens with one attached hydrogen (secondary N) is 2. The molecule has 8 heteroatoms. The van der Waals surface area contributed by atoms with Crippen LogP contribution in [0.25, 0.3) is 11.0 Å². The molecule has 0 bridgehead atoms. The van der Waals surface area contributed by atoms with Gasteiger partial charge in [0.2, 0.25) is 5.91 Å². The van der Waals surface area contributed by atoms with Crippen molar-refractivity contribution in [1.29, 1.82) is 0 Å². The molecule has 1 aliphatic rings. The average Bonchev–Trinajstić information content (AvgIpc) is 3.22. The number of nitrogens with zero attached hydrogens (tertiary/aromatic N) is 1. The van der Waals surface area contributed by atoms with Crippen LogP contribution in [0.1, 0.15) is 28.6 Å². The fourth-order valence-electron chi connectivity index (χ4n) is 3.51. The normalized spacial score (nSPS) is 14.8. The molecule has 3 N–H and O–H groups in total. The van der Waals surface area contributed by atoms with Crippen LogP contribution in [0.2, 0.25) is 0 Å². The Morgan fingerprint density at radius 3 is 2.62 bits per heavy atom. The highest BCUT2D eigenvalue weighted by Gasteiger charge is 2.26. The number of rotatable bonds is 9. The van der Waals surface area contributed by atoms with E-state index in [1.807, 2.05) is 36.4 Å². The first-order valence-corrected chi connectivity index (χ1v) is 10.5. The Balaban J connectivity index is 1.28. The molecule has 0 saturated carbocycles. The number of benzene rings is 2. The summed E-state index contributed by atoms with van der Waals surface area (Å²) in [6, 6.07) is 16.2. The molecule has 3 aromatic rings. The molecule has 1 fully saturated rings. The highest BCUT2D eigenvalue weighted by molar-refractivity contribution is 5.93. The van der Waals surface area contributed by atoms with E-state index in [1.54, 1.807) is 23.7 Å². The third kappa shape index (κ3) is 5.16. The van der Waals surface area contributed by atoms with Gasteiger partial charge < -0.3 is 14.5 Å². The van der Waals surface area contributed by atoms with Crippen LogP contribution in [0.15, 0.2) is 71.2 Å². The number of fused-ring (bicyclic) bond motifs is 1. The molecule has 0 spiro atoms. The summed E-state index contributed by atoms with van der Waals surface area (Å²) in [6.45, 7) is 2.56. The van der Waals surface area contributed by atoms with Crippen molar-refractivity contribution in [2.24, 2.45) is 0 Å². The van der Waals surface area contributed by atoms with Gasteiger partial charge in [-0.25, -0.2) is 5.48 Å². The fourth-order valence-corrected chi connectivity index (χ4v) is 3.51. The average molecular weight is 435 g/mol. The second-order valence-corrected chi connectivity index (χ2v) is 7.48. The number of likely N-dealkylation sites (tertiary alicyclic amines) is 1. The van der Waals surface area contributed by atoms with Crippen LogP contribution in [0.4, 0.5) is 0 Å². The molecule has 0 aliphatic carbocycles. The number of carbonyl (C=O) groups is 2. The molecule has 8 nitrogen and oxygen atoms in total. The summed E-state index contributed by atoms with van der Waals surface area (Å²) >= 11 is 0. The highest BCUT2D eigenvalue weighted by atomic mass is 16.5. The highest BCUT2D eigenvalue weighted by Crippen LogP contribution is 2.31. The summed E-state index contributed by atoms with van der Waals surface area (Å²) in [5.41, 5.74) is 2.73. The van der Waals surface area contributed by atoms with Gasteiger partial charge in [0.25, 0.3) is 5.91 Å². The zero-order valence-corrected chi connectivity index (χ0v) is 17.5. The number of hydroxylamine groups is 1. The molecule has 0 radical (unpaired) electrons. The third-order valence-corrected chi connectivity index (χ3v) is 5.34. The van der Waals surface area contributed by atoms with Crippen LogP contribution in [-0.4, -0.2) is 48.2 Å². The van der Waals surface area contributed by atoms with E-state index in [0.29, 0.717) is 17.9 Å². The molecule has 2 amide bonds. The number of ether oxygens (including phenoxy) is 1. The van der Waals surface area contributed by atoms with Crippen molar-refractivity contribution in [1.82, 2.24) is 15.7 Å². The first-order valence-electron chi connectivity index (χ1n) is 10.5. The van der Waals surface area contributed by atoms with Gasteiger partial charge in [-0.2, -0.15) is 0 Å². The smallest absolute Gasteiger partial charge is 0.274 e. The van der Waals surface area contributed by atoms with Gasteiger partial charge in [-0.1, -0.05) is 24.3 Å². The number of carbonyl (C=O) groups excluding carboxylic acids is 2. The van der Waals surface area contributed by atoms with Crippen molar-refractivity contribution in [3.8, 4) is 5.75 Å². The van der Waals surface area contributed by atoms with Gasteiger partial charge in [0.1, 0.15) is 23.7 Å². The number of para-hydroxylation sites is 1. The second kappa shape index (κ2) is 10.1. The predicted molar refractivity (Wildman–Crippen MR) is 118 cm³/mol. The SMILES string of the molecule is O=C(C=CC(c1cc2ccccc2o1)N1CCC1)NCCOc1ccc(C(=O)NO)cc1. The quantitative estimate of drug-likeness (QED) is 0.207. The molecule has 4 rings (SSSR count). The molecular weight excluding hydrogens is 410 g/mol. The van der Waals surface area contributed by atoms with Crippen molar-refractivity contribution in [3.05, 3.63) is 78.1 Å². The van der Waals surface area contributed by atoms with E-state index in [2.05, 4.69) is 10.2 Å². The van der Waals surface area contributed by atoms with Crippen molar-refractivity contribution < 1.29 is 24.0 Å². The summed E-state index contributed by atoms with van der Waals surface area (Å²) in [7, 11) is 0. The zero-order chi connectivity index (χ0) is 22.3. The summed E-state index contributed by atoms with van der Waals surface area (Å²) in [5, 5.41) is 12.5. The minimum atomic E-state index is -0.588. The Morgan fingerprint density at radius 2 is 1.94 bits per heavy atom. The first-order chi connectivity index (χ1) is 15.6. The predicted octanol–water partition coefficient (Wildman–Crippen LogP) is 3.05. The van der Waals surface area contributed by atoms with Gasteiger partial charge in [-0.05, 0) is 42.8 Å². The van der Waals surface area contributed by atoms with Crippen LogP contribution in [0.3, 0.4) is 0 Å². The molecule has 1 unspecified atom stereocenters. The monoisotopic (exact) mass is 435 g/mol. The molecule has 32 heavy (non-hydrogen) atoms. The zero-order valence-electron chi connectivity index (χ0n) is 17.5. The number of amides is 2. The van der Waals surface area contributed by atoms with Crippen LogP contribution in [-0.2, 0) is 4.79 Å². The van der Waals surface area contributed by atoms with Gasteiger partial charge in [0.05, 0.1) is 12.6 Å². The summed E-state index contributed by atoms with van der Waals surface area (Å²) in [6.07, 6.45) is 4.55. The lowest BCUT2D eigenvalue weighted by Gasteiger charge is -2.35. The van der Waals surface area contributed by atoms with E-state index in [9.17, 15) is 9.59 Å². The number of hydrogen-bond donors (Lipinski definition) is 3. The standard InChI is InChI=1S/C24H25N3O5/c28-23(25-12-15-31-19-8-6-17(7-9-19)24(29)26-30)11-10-20(27-13-3-14-27)22-16-18-4-1-2-5-21(18)32-22/h1-2,4-11,16,20,30H,3,12-15H2,(H,25,28)(H,26,29). The molecule has 1 atom stereocenters. The van der Waals surface area contributed by atoms with Crippen LogP contribution in [0, 0.1) is 0 Å². The number of furan rings is 1. The molecule has 2 aromatic carbocycles. The maximum absolute atomic E-state index is 12.3. The Kier molecular flexibility index (Phi) is 6.84. The molecule has 166 valence electrons. The van der Waals surface area contributed by atoms with Crippen molar-refractivity contribution >= 4 is 22.8 Å². The van der Waals surface area contributed by atoms with E-state index in [-0.39, 0.29) is 18.6 Å². The first kappa shape index (κ1) is 21.6. The molecule has 1 aromatic heterocycles. The molecule has 2 heterocycles. The third-order valence-electron chi connectivity index (χ3n) is 5.34.